The average molecular weight is 432 g/mol. The number of nitrogens with zero attached hydrogens (tertiary/aromatic N) is 2. The fraction of sp³-hybridized carbons (Fsp3) is 0.263. The Morgan fingerprint density at radius 2 is 1.13 bits per heavy atom. The maximum Gasteiger partial charge on any atom is 0.311 e. The van der Waals surface area contributed by atoms with E-state index in [9.17, 15) is 40.0 Å². The van der Waals surface area contributed by atoms with E-state index in [0.717, 1.165) is 12.1 Å². The van der Waals surface area contributed by atoms with Gasteiger partial charge in [-0.2, -0.15) is 0 Å². The maximum absolute atomic E-state index is 12.1. The van der Waals surface area contributed by atoms with Crippen molar-refractivity contribution in [3.63, 3.8) is 0 Å². The van der Waals surface area contributed by atoms with Crippen molar-refractivity contribution in [3.05, 3.63) is 66.7 Å². The Morgan fingerprint density at radius 1 is 0.806 bits per heavy atom. The van der Waals surface area contributed by atoms with Gasteiger partial charge in [-0.3, -0.25) is 29.8 Å². The summed E-state index contributed by atoms with van der Waals surface area (Å²) >= 11 is 0. The van der Waals surface area contributed by atoms with Gasteiger partial charge in [-0.1, -0.05) is 13.8 Å². The summed E-state index contributed by atoms with van der Waals surface area (Å²) in [4.78, 5) is 45.3. The van der Waals surface area contributed by atoms with E-state index in [0.29, 0.717) is 0 Å². The molecule has 0 saturated heterocycles. The Balaban J connectivity index is 2.86. The summed E-state index contributed by atoms with van der Waals surface area (Å²) in [6.45, 7) is 3.11. The molecule has 0 heterocycles. The molecule has 0 aliphatic carbocycles. The molecule has 0 spiro atoms. The lowest BCUT2D eigenvalue weighted by molar-refractivity contribution is -0.386. The number of carbonyl (C=O) groups is 2. The number of benzene rings is 2. The highest BCUT2D eigenvalue weighted by molar-refractivity contribution is 5.99. The lowest BCUT2D eigenvalue weighted by atomic mass is 9.76. The van der Waals surface area contributed by atoms with Crippen molar-refractivity contribution in [3.8, 4) is 11.5 Å². The predicted octanol–water partition coefficient (Wildman–Crippen LogP) is 1.96. The van der Waals surface area contributed by atoms with Crippen LogP contribution in [0, 0.1) is 20.2 Å². The molecule has 2 rings (SSSR count). The van der Waals surface area contributed by atoms with Gasteiger partial charge in [-0.15, -0.1) is 0 Å². The third-order valence-electron chi connectivity index (χ3n) is 4.96. The zero-order valence-electron chi connectivity index (χ0n) is 17.0. The van der Waals surface area contributed by atoms with E-state index in [4.69, 9.17) is 0 Å². The molecule has 164 valence electrons. The first-order valence-corrected chi connectivity index (χ1v) is 8.84. The lowest BCUT2D eigenvalue weighted by Gasteiger charge is -2.27. The van der Waals surface area contributed by atoms with Crippen LogP contribution in [0.2, 0.25) is 0 Å². The molecule has 0 aromatic heterocycles. The molecule has 12 nitrogen and oxygen atoms in total. The minimum absolute atomic E-state index is 0.165. The second-order valence-electron chi connectivity index (χ2n) is 7.08. The first kappa shape index (κ1) is 23.1. The monoisotopic (exact) mass is 432 g/mol. The van der Waals surface area contributed by atoms with Crippen LogP contribution in [0.4, 0.5) is 11.4 Å². The molecule has 2 aromatic rings. The van der Waals surface area contributed by atoms with Crippen molar-refractivity contribution in [2.75, 3.05) is 14.1 Å². The molecular weight excluding hydrogens is 412 g/mol. The zero-order valence-corrected chi connectivity index (χ0v) is 17.0. The van der Waals surface area contributed by atoms with E-state index in [-0.39, 0.29) is 22.3 Å². The summed E-state index contributed by atoms with van der Waals surface area (Å²) in [7, 11) is 2.56. The molecule has 0 aliphatic heterocycles. The number of carbonyl (C=O) groups excluding carboxylic acids is 2. The van der Waals surface area contributed by atoms with E-state index in [1.165, 1.54) is 26.2 Å². The second kappa shape index (κ2) is 8.26. The largest absolute Gasteiger partial charge is 0.502 e. The number of amides is 2. The highest BCUT2D eigenvalue weighted by Gasteiger charge is 2.33. The summed E-state index contributed by atoms with van der Waals surface area (Å²) in [6, 6.07) is 4.53. The molecular formula is C19H20N4O8. The summed E-state index contributed by atoms with van der Waals surface area (Å²) < 4.78 is 0. The van der Waals surface area contributed by atoms with Crippen molar-refractivity contribution < 1.29 is 29.6 Å². The number of nitrogens with one attached hydrogen (secondary N) is 2. The highest BCUT2D eigenvalue weighted by Crippen LogP contribution is 2.42. The van der Waals surface area contributed by atoms with Gasteiger partial charge in [0.05, 0.1) is 21.0 Å². The lowest BCUT2D eigenvalue weighted by Crippen LogP contribution is -2.24. The molecule has 0 saturated carbocycles. The van der Waals surface area contributed by atoms with Crippen LogP contribution in [0.3, 0.4) is 0 Å². The normalized spacial score (nSPS) is 11.0. The van der Waals surface area contributed by atoms with Crippen molar-refractivity contribution in [1.82, 2.24) is 10.6 Å². The molecule has 0 bridgehead atoms. The van der Waals surface area contributed by atoms with E-state index in [2.05, 4.69) is 10.6 Å². The van der Waals surface area contributed by atoms with Crippen molar-refractivity contribution in [2.45, 2.75) is 19.3 Å². The van der Waals surface area contributed by atoms with E-state index in [1.807, 2.05) is 0 Å². The van der Waals surface area contributed by atoms with Gasteiger partial charge in [-0.25, -0.2) is 0 Å². The van der Waals surface area contributed by atoms with Crippen molar-refractivity contribution in [1.29, 1.82) is 0 Å². The van der Waals surface area contributed by atoms with E-state index in [1.54, 1.807) is 13.8 Å². The Morgan fingerprint density at radius 3 is 1.39 bits per heavy atom. The van der Waals surface area contributed by atoms with Gasteiger partial charge in [-0.05, 0) is 23.3 Å². The number of aromatic hydroxyl groups is 2. The van der Waals surface area contributed by atoms with Gasteiger partial charge < -0.3 is 20.8 Å². The summed E-state index contributed by atoms with van der Waals surface area (Å²) in [5.41, 5.74) is -3.08. The van der Waals surface area contributed by atoms with Gasteiger partial charge in [0.15, 0.2) is 0 Å². The number of hydrogen-bond acceptors (Lipinski definition) is 8. The smallest absolute Gasteiger partial charge is 0.311 e. The number of hydrogen-bond donors (Lipinski definition) is 4. The number of rotatable bonds is 6. The van der Waals surface area contributed by atoms with E-state index >= 15 is 0 Å². The fourth-order valence-corrected chi connectivity index (χ4v) is 3.02. The van der Waals surface area contributed by atoms with Crippen LogP contribution in [-0.4, -0.2) is 46.0 Å². The Bertz CT molecular complexity index is 1030. The molecule has 0 unspecified atom stereocenters. The van der Waals surface area contributed by atoms with E-state index < -0.39 is 49.9 Å². The third-order valence-corrected chi connectivity index (χ3v) is 4.96. The number of nitro benzene ring substituents is 2. The van der Waals surface area contributed by atoms with Crippen LogP contribution in [0.5, 0.6) is 11.5 Å². The molecule has 12 heteroatoms. The van der Waals surface area contributed by atoms with Crippen LogP contribution < -0.4 is 10.6 Å². The van der Waals surface area contributed by atoms with Crippen molar-refractivity contribution in [2.24, 2.45) is 0 Å². The maximum atomic E-state index is 12.1. The Labute approximate surface area is 175 Å². The SMILES string of the molecule is CNC(=O)c1cc(C(C)(C)c2cc(C(=O)NC)c(O)c([N+](=O)[O-])c2)cc([N+](=O)[O-])c1O. The van der Waals surface area contributed by atoms with Gasteiger partial charge in [0.25, 0.3) is 11.8 Å². The number of phenols is 2. The molecule has 0 atom stereocenters. The molecule has 2 amide bonds. The van der Waals surface area contributed by atoms with Crippen LogP contribution in [0.1, 0.15) is 45.7 Å². The van der Waals surface area contributed by atoms with Crippen LogP contribution in [0.15, 0.2) is 24.3 Å². The topological polar surface area (TPSA) is 185 Å². The van der Waals surface area contributed by atoms with Gasteiger partial charge in [0.1, 0.15) is 0 Å². The highest BCUT2D eigenvalue weighted by atomic mass is 16.6. The number of nitro groups is 2. The van der Waals surface area contributed by atoms with Crippen LogP contribution in [0.25, 0.3) is 0 Å². The Hall–Kier alpha value is -4.22. The van der Waals surface area contributed by atoms with Gasteiger partial charge in [0, 0.05) is 31.6 Å². The van der Waals surface area contributed by atoms with Crippen molar-refractivity contribution >= 4 is 23.2 Å². The van der Waals surface area contributed by atoms with Crippen LogP contribution in [-0.2, 0) is 5.41 Å². The van der Waals surface area contributed by atoms with Gasteiger partial charge in [0.2, 0.25) is 11.5 Å². The third kappa shape index (κ3) is 4.08. The minimum Gasteiger partial charge on any atom is -0.502 e. The van der Waals surface area contributed by atoms with Gasteiger partial charge >= 0.3 is 11.4 Å². The first-order valence-electron chi connectivity index (χ1n) is 8.84. The standard InChI is InChI=1S/C19H20N4O8/c1-19(2,9-5-11(17(26)20-3)15(24)13(7-9)22(28)29)10-6-12(18(27)21-4)16(25)14(8-10)23(30)31/h5-8,24-25H,1-4H3,(H,20,26)(H,21,27). The summed E-state index contributed by atoms with van der Waals surface area (Å²) in [5, 5.41) is 47.7. The van der Waals surface area contributed by atoms with Crippen LogP contribution >= 0.6 is 0 Å². The molecule has 4 N–H and O–H groups in total. The summed E-state index contributed by atoms with van der Waals surface area (Å²) in [5.74, 6) is -3.21. The fourth-order valence-electron chi connectivity index (χ4n) is 3.02. The summed E-state index contributed by atoms with van der Waals surface area (Å²) in [6.07, 6.45) is 0. The minimum atomic E-state index is -1.22. The molecule has 0 aliphatic rings. The quantitative estimate of drug-likeness (QED) is 0.394. The second-order valence-corrected chi connectivity index (χ2v) is 7.08. The molecule has 0 radical (unpaired) electrons. The molecule has 2 aromatic carbocycles. The number of phenolic OH excluding ortho intramolecular Hbond substituents is 2. The predicted molar refractivity (Wildman–Crippen MR) is 108 cm³/mol. The molecule has 0 fully saturated rings. The Kier molecular flexibility index (Phi) is 6.14. The molecule has 31 heavy (non-hydrogen) atoms. The first-order chi connectivity index (χ1) is 14.4. The zero-order chi connectivity index (χ0) is 23.7. The average Bonchev–Trinajstić information content (AvgIpc) is 2.72.